The van der Waals surface area contributed by atoms with Gasteiger partial charge in [0.1, 0.15) is 0 Å². The van der Waals surface area contributed by atoms with E-state index >= 15 is 0 Å². The topological polar surface area (TPSA) is 40.8 Å². The van der Waals surface area contributed by atoms with Crippen LogP contribution in [0.1, 0.15) is 32.4 Å². The minimum Gasteiger partial charge on any atom is -0.390 e. The van der Waals surface area contributed by atoms with Crippen molar-refractivity contribution in [2.45, 2.75) is 39.3 Å². The van der Waals surface area contributed by atoms with E-state index in [0.717, 1.165) is 23.0 Å². The van der Waals surface area contributed by atoms with Crippen LogP contribution in [0.3, 0.4) is 0 Å². The Kier molecular flexibility index (Phi) is 3.03. The normalized spacial score (nSPS) is 24.9. The summed E-state index contributed by atoms with van der Waals surface area (Å²) in [5.41, 5.74) is 0.923. The number of fused-ring (bicyclic) bond motifs is 1. The maximum absolute atomic E-state index is 9.62. The largest absolute Gasteiger partial charge is 0.390 e. The van der Waals surface area contributed by atoms with Gasteiger partial charge in [0.2, 0.25) is 0 Å². The molecule has 5 heteroatoms. The SMILES string of the molecule is CC1CCC(C)N(c2nc3sccn3c2CO)C1. The Hall–Kier alpha value is -1.07. The summed E-state index contributed by atoms with van der Waals surface area (Å²) in [6.45, 7) is 5.63. The predicted octanol–water partition coefficient (Wildman–Crippen LogP) is 2.51. The first-order chi connectivity index (χ1) is 8.70. The number of thiazole rings is 1. The van der Waals surface area contributed by atoms with Crippen LogP contribution in [0.2, 0.25) is 0 Å². The molecule has 0 saturated carbocycles. The second kappa shape index (κ2) is 4.55. The average Bonchev–Trinajstić information content (AvgIpc) is 2.91. The summed E-state index contributed by atoms with van der Waals surface area (Å²) in [6, 6.07) is 0.510. The Morgan fingerprint density at radius 2 is 2.28 bits per heavy atom. The quantitative estimate of drug-likeness (QED) is 0.907. The molecule has 18 heavy (non-hydrogen) atoms. The van der Waals surface area contributed by atoms with E-state index in [1.54, 1.807) is 11.3 Å². The fraction of sp³-hybridized carbons (Fsp3) is 0.615. The number of imidazole rings is 1. The Morgan fingerprint density at radius 3 is 3.06 bits per heavy atom. The van der Waals surface area contributed by atoms with Gasteiger partial charge in [0.25, 0.3) is 0 Å². The van der Waals surface area contributed by atoms with E-state index in [-0.39, 0.29) is 6.61 Å². The van der Waals surface area contributed by atoms with Crippen molar-refractivity contribution < 1.29 is 5.11 Å². The number of rotatable bonds is 2. The highest BCUT2D eigenvalue weighted by atomic mass is 32.1. The van der Waals surface area contributed by atoms with Gasteiger partial charge in [-0.3, -0.25) is 4.40 Å². The number of nitrogens with zero attached hydrogens (tertiary/aromatic N) is 3. The molecule has 4 nitrogen and oxygen atoms in total. The third-order valence-corrected chi connectivity index (χ3v) is 4.64. The molecule has 0 aromatic carbocycles. The second-order valence-corrected chi connectivity index (χ2v) is 6.15. The summed E-state index contributed by atoms with van der Waals surface area (Å²) in [5.74, 6) is 1.68. The van der Waals surface area contributed by atoms with Gasteiger partial charge in [0, 0.05) is 24.2 Å². The average molecular weight is 265 g/mol. The first-order valence-corrected chi connectivity index (χ1v) is 7.40. The molecule has 1 N–H and O–H groups in total. The van der Waals surface area contributed by atoms with Crippen molar-refractivity contribution in [2.75, 3.05) is 11.4 Å². The van der Waals surface area contributed by atoms with Crippen molar-refractivity contribution >= 4 is 22.1 Å². The van der Waals surface area contributed by atoms with Crippen molar-refractivity contribution in [2.24, 2.45) is 5.92 Å². The van der Waals surface area contributed by atoms with Crippen LogP contribution in [0.25, 0.3) is 4.96 Å². The predicted molar refractivity (Wildman–Crippen MR) is 74.2 cm³/mol. The van der Waals surface area contributed by atoms with Gasteiger partial charge in [-0.25, -0.2) is 4.98 Å². The van der Waals surface area contributed by atoms with Crippen LogP contribution in [0.15, 0.2) is 11.6 Å². The highest BCUT2D eigenvalue weighted by molar-refractivity contribution is 7.15. The zero-order valence-corrected chi connectivity index (χ0v) is 11.7. The number of aliphatic hydroxyl groups excluding tert-OH is 1. The molecule has 3 heterocycles. The third-order valence-electron chi connectivity index (χ3n) is 3.88. The van der Waals surface area contributed by atoms with Gasteiger partial charge in [0.05, 0.1) is 12.3 Å². The second-order valence-electron chi connectivity index (χ2n) is 5.28. The zero-order chi connectivity index (χ0) is 12.7. The first-order valence-electron chi connectivity index (χ1n) is 6.52. The maximum atomic E-state index is 9.62. The van der Waals surface area contributed by atoms with E-state index < -0.39 is 0 Å². The van der Waals surface area contributed by atoms with Gasteiger partial charge in [-0.1, -0.05) is 6.92 Å². The van der Waals surface area contributed by atoms with Crippen molar-refractivity contribution in [1.82, 2.24) is 9.38 Å². The van der Waals surface area contributed by atoms with E-state index in [1.807, 2.05) is 16.0 Å². The molecule has 0 spiro atoms. The Labute approximate surface area is 111 Å². The molecule has 0 bridgehead atoms. The molecule has 1 aliphatic rings. The standard InChI is InChI=1S/C13H19N3OS/c1-9-3-4-10(2)16(7-9)12-11(8-17)15-5-6-18-13(15)14-12/h5-6,9-10,17H,3-4,7-8H2,1-2H3. The van der Waals surface area contributed by atoms with E-state index in [1.165, 1.54) is 12.8 Å². The fourth-order valence-corrected chi connectivity index (χ4v) is 3.51. The summed E-state index contributed by atoms with van der Waals surface area (Å²) < 4.78 is 2.01. The number of piperidine rings is 1. The van der Waals surface area contributed by atoms with E-state index in [2.05, 4.69) is 18.7 Å². The lowest BCUT2D eigenvalue weighted by atomic mass is 9.95. The molecule has 2 aromatic heterocycles. The van der Waals surface area contributed by atoms with Crippen molar-refractivity contribution in [1.29, 1.82) is 0 Å². The lowest BCUT2D eigenvalue weighted by Gasteiger charge is -2.37. The number of hydrogen-bond donors (Lipinski definition) is 1. The van der Waals surface area contributed by atoms with Crippen molar-refractivity contribution in [3.63, 3.8) is 0 Å². The molecule has 2 atom stereocenters. The summed E-state index contributed by atoms with van der Waals surface area (Å²) in [7, 11) is 0. The van der Waals surface area contributed by atoms with E-state index in [0.29, 0.717) is 12.0 Å². The van der Waals surface area contributed by atoms with Gasteiger partial charge in [0.15, 0.2) is 10.8 Å². The van der Waals surface area contributed by atoms with Crippen LogP contribution in [-0.2, 0) is 6.61 Å². The van der Waals surface area contributed by atoms with E-state index in [9.17, 15) is 5.11 Å². The Bertz CT molecular complexity index is 547. The third kappa shape index (κ3) is 1.82. The van der Waals surface area contributed by atoms with Crippen molar-refractivity contribution in [3.8, 4) is 0 Å². The molecule has 1 aliphatic heterocycles. The fourth-order valence-electron chi connectivity index (χ4n) is 2.78. The van der Waals surface area contributed by atoms with Crippen LogP contribution in [-0.4, -0.2) is 27.1 Å². The van der Waals surface area contributed by atoms with Gasteiger partial charge < -0.3 is 10.0 Å². The molecule has 0 amide bonds. The summed E-state index contributed by atoms with van der Waals surface area (Å²) >= 11 is 1.62. The summed E-state index contributed by atoms with van der Waals surface area (Å²) in [5, 5.41) is 11.6. The number of aliphatic hydroxyl groups is 1. The van der Waals surface area contributed by atoms with Gasteiger partial charge in [-0.15, -0.1) is 11.3 Å². The van der Waals surface area contributed by atoms with Crippen LogP contribution in [0, 0.1) is 5.92 Å². The molecule has 3 rings (SSSR count). The Balaban J connectivity index is 2.04. The highest BCUT2D eigenvalue weighted by Crippen LogP contribution is 2.31. The molecule has 0 radical (unpaired) electrons. The highest BCUT2D eigenvalue weighted by Gasteiger charge is 2.27. The lowest BCUT2D eigenvalue weighted by molar-refractivity contribution is 0.275. The zero-order valence-electron chi connectivity index (χ0n) is 10.8. The van der Waals surface area contributed by atoms with Crippen LogP contribution in [0.5, 0.6) is 0 Å². The Morgan fingerprint density at radius 1 is 1.44 bits per heavy atom. The first kappa shape index (κ1) is 12.0. The summed E-state index contributed by atoms with van der Waals surface area (Å²) in [6.07, 6.45) is 4.48. The number of aromatic nitrogens is 2. The van der Waals surface area contributed by atoms with Gasteiger partial charge in [-0.2, -0.15) is 0 Å². The summed E-state index contributed by atoms with van der Waals surface area (Å²) in [4.78, 5) is 8.03. The molecule has 1 saturated heterocycles. The van der Waals surface area contributed by atoms with Crippen LogP contribution < -0.4 is 4.90 Å². The van der Waals surface area contributed by atoms with Gasteiger partial charge in [-0.05, 0) is 25.7 Å². The van der Waals surface area contributed by atoms with Gasteiger partial charge >= 0.3 is 0 Å². The van der Waals surface area contributed by atoms with Crippen LogP contribution >= 0.6 is 11.3 Å². The minimum absolute atomic E-state index is 0.0465. The monoisotopic (exact) mass is 265 g/mol. The van der Waals surface area contributed by atoms with Crippen LogP contribution in [0.4, 0.5) is 5.82 Å². The lowest BCUT2D eigenvalue weighted by Crippen LogP contribution is -2.41. The molecular weight excluding hydrogens is 246 g/mol. The molecule has 2 unspecified atom stereocenters. The molecule has 1 fully saturated rings. The molecular formula is C13H19N3OS. The molecule has 2 aromatic rings. The van der Waals surface area contributed by atoms with Crippen molar-refractivity contribution in [3.05, 3.63) is 17.3 Å². The molecule has 98 valence electrons. The number of hydrogen-bond acceptors (Lipinski definition) is 4. The maximum Gasteiger partial charge on any atom is 0.195 e. The number of anilines is 1. The van der Waals surface area contributed by atoms with E-state index in [4.69, 9.17) is 4.98 Å². The molecule has 0 aliphatic carbocycles. The smallest absolute Gasteiger partial charge is 0.195 e. The minimum atomic E-state index is 0.0465.